The minimum Gasteiger partial charge on any atom is -0.390 e. The molecule has 4 atom stereocenters. The van der Waals surface area contributed by atoms with E-state index < -0.39 is 6.10 Å². The van der Waals surface area contributed by atoms with E-state index in [1.54, 1.807) is 0 Å². The Balaban J connectivity index is 2.14. The van der Waals surface area contributed by atoms with Gasteiger partial charge >= 0.3 is 0 Å². The number of aliphatic hydroxyl groups is 1. The van der Waals surface area contributed by atoms with E-state index in [0.29, 0.717) is 0 Å². The number of hydrogen-bond donors (Lipinski definition) is 1. The zero-order valence-electron chi connectivity index (χ0n) is 15.2. The Morgan fingerprint density at radius 2 is 1.54 bits per heavy atom. The molecule has 1 aliphatic rings. The van der Waals surface area contributed by atoms with Crippen molar-refractivity contribution in [1.82, 2.24) is 4.90 Å². The van der Waals surface area contributed by atoms with Crippen molar-refractivity contribution in [2.75, 3.05) is 6.54 Å². The van der Waals surface area contributed by atoms with Crippen molar-refractivity contribution in [2.45, 2.75) is 51.8 Å². The van der Waals surface area contributed by atoms with Crippen LogP contribution in [0, 0.1) is 5.41 Å². The molecule has 2 nitrogen and oxygen atoms in total. The number of nitrogens with zero attached hydrogens (tertiary/aromatic N) is 1. The summed E-state index contributed by atoms with van der Waals surface area (Å²) in [6.45, 7) is 9.59. The lowest BCUT2D eigenvalue weighted by Crippen LogP contribution is -2.41. The van der Waals surface area contributed by atoms with Gasteiger partial charge in [-0.3, -0.25) is 4.90 Å². The number of hydrogen-bond acceptors (Lipinski definition) is 2. The van der Waals surface area contributed by atoms with Crippen LogP contribution in [0.2, 0.25) is 0 Å². The minimum absolute atomic E-state index is 0.189. The normalized spacial score (nSPS) is 27.7. The van der Waals surface area contributed by atoms with Gasteiger partial charge < -0.3 is 5.11 Å². The molecule has 1 aliphatic heterocycles. The summed E-state index contributed by atoms with van der Waals surface area (Å²) in [4.78, 5) is 2.48. The molecule has 0 radical (unpaired) electrons. The summed E-state index contributed by atoms with van der Waals surface area (Å²) in [5.41, 5.74) is 1.98. The molecule has 2 aromatic rings. The highest BCUT2D eigenvalue weighted by Crippen LogP contribution is 2.64. The summed E-state index contributed by atoms with van der Waals surface area (Å²) < 4.78 is 0. The van der Waals surface area contributed by atoms with Gasteiger partial charge in [0.25, 0.3) is 0 Å². The van der Waals surface area contributed by atoms with Gasteiger partial charge in [-0.2, -0.15) is 0 Å². The Kier molecular flexibility index (Phi) is 4.54. The van der Waals surface area contributed by atoms with E-state index in [9.17, 15) is 5.11 Å². The van der Waals surface area contributed by atoms with Crippen LogP contribution in [-0.4, -0.2) is 22.7 Å². The van der Waals surface area contributed by atoms with Gasteiger partial charge in [-0.05, 0) is 29.5 Å². The van der Waals surface area contributed by atoms with Crippen LogP contribution in [0.4, 0.5) is 0 Å². The van der Waals surface area contributed by atoms with Gasteiger partial charge in [0.05, 0.1) is 17.7 Å². The number of rotatable bonds is 5. The topological polar surface area (TPSA) is 23.2 Å². The lowest BCUT2D eigenvalue weighted by molar-refractivity contribution is 0.00890. The van der Waals surface area contributed by atoms with Crippen molar-refractivity contribution < 1.29 is 5.11 Å². The first-order chi connectivity index (χ1) is 11.4. The standard InChI is InChI=1S/C22H29NO/c1-5-16-23-19(17-12-8-6-9-13-17)22(23,20(24)21(2,3)4)18-14-10-7-11-15-18/h6-15,19-20,24H,5,16H2,1-4H3/t19-,20+,22+,23?/m0/s1. The maximum Gasteiger partial charge on any atom is 0.0933 e. The lowest BCUT2D eigenvalue weighted by Gasteiger charge is -2.34. The Morgan fingerprint density at radius 3 is 2.04 bits per heavy atom. The van der Waals surface area contributed by atoms with Crippen molar-refractivity contribution >= 4 is 0 Å². The average molecular weight is 323 g/mol. The summed E-state index contributed by atoms with van der Waals surface area (Å²) in [7, 11) is 0. The molecule has 0 aliphatic carbocycles. The molecule has 128 valence electrons. The third-order valence-electron chi connectivity index (χ3n) is 5.19. The van der Waals surface area contributed by atoms with Crippen molar-refractivity contribution in [3.05, 3.63) is 71.8 Å². The Morgan fingerprint density at radius 1 is 1.00 bits per heavy atom. The molecule has 2 heteroatoms. The summed E-state index contributed by atoms with van der Waals surface area (Å²) in [5.74, 6) is 0. The van der Waals surface area contributed by atoms with Crippen LogP contribution < -0.4 is 0 Å². The highest BCUT2D eigenvalue weighted by atomic mass is 16.3. The Hall–Kier alpha value is -1.64. The monoisotopic (exact) mass is 323 g/mol. The van der Waals surface area contributed by atoms with Crippen LogP contribution in [0.25, 0.3) is 0 Å². The third-order valence-corrected chi connectivity index (χ3v) is 5.19. The van der Waals surface area contributed by atoms with Crippen LogP contribution in [-0.2, 0) is 5.54 Å². The molecule has 0 amide bonds. The molecule has 0 bridgehead atoms. The van der Waals surface area contributed by atoms with E-state index in [1.807, 2.05) is 6.07 Å². The van der Waals surface area contributed by atoms with E-state index >= 15 is 0 Å². The zero-order chi connectivity index (χ0) is 17.4. The molecule has 1 heterocycles. The molecule has 0 saturated carbocycles. The molecule has 1 saturated heterocycles. The predicted octanol–water partition coefficient (Wildman–Crippen LogP) is 4.76. The molecule has 0 aromatic heterocycles. The first-order valence-electron chi connectivity index (χ1n) is 8.99. The molecular weight excluding hydrogens is 294 g/mol. The third kappa shape index (κ3) is 2.68. The second-order valence-corrected chi connectivity index (χ2v) is 7.97. The quantitative estimate of drug-likeness (QED) is 0.802. The minimum atomic E-state index is -0.441. The maximum absolute atomic E-state index is 11.4. The SMILES string of the molecule is CCCN1[C@@H](c2ccccc2)[C@]1(c1ccccc1)[C@H](O)C(C)(C)C. The van der Waals surface area contributed by atoms with Crippen molar-refractivity contribution in [3.8, 4) is 0 Å². The van der Waals surface area contributed by atoms with Gasteiger partial charge in [-0.15, -0.1) is 0 Å². The second kappa shape index (κ2) is 6.34. The van der Waals surface area contributed by atoms with Crippen LogP contribution in [0.1, 0.15) is 51.3 Å². The van der Waals surface area contributed by atoms with E-state index in [4.69, 9.17) is 0 Å². The van der Waals surface area contributed by atoms with E-state index in [0.717, 1.165) is 13.0 Å². The van der Waals surface area contributed by atoms with Crippen LogP contribution >= 0.6 is 0 Å². The van der Waals surface area contributed by atoms with Gasteiger partial charge in [0.15, 0.2) is 0 Å². The van der Waals surface area contributed by atoms with Crippen LogP contribution in [0.3, 0.4) is 0 Å². The number of benzene rings is 2. The molecule has 1 unspecified atom stereocenters. The largest absolute Gasteiger partial charge is 0.390 e. The fraction of sp³-hybridized carbons (Fsp3) is 0.455. The smallest absolute Gasteiger partial charge is 0.0933 e. The molecule has 2 aromatic carbocycles. The highest BCUT2D eigenvalue weighted by Gasteiger charge is 2.69. The Labute approximate surface area is 146 Å². The first-order valence-corrected chi connectivity index (χ1v) is 8.99. The van der Waals surface area contributed by atoms with Crippen LogP contribution in [0.5, 0.6) is 0 Å². The van der Waals surface area contributed by atoms with Gasteiger partial charge in [0.2, 0.25) is 0 Å². The summed E-state index contributed by atoms with van der Waals surface area (Å²) in [6.07, 6.45) is 0.638. The van der Waals surface area contributed by atoms with Gasteiger partial charge in [-0.25, -0.2) is 0 Å². The average Bonchev–Trinajstić information content (AvgIpc) is 3.24. The van der Waals surface area contributed by atoms with Gasteiger partial charge in [-0.1, -0.05) is 88.4 Å². The van der Waals surface area contributed by atoms with E-state index in [2.05, 4.69) is 87.2 Å². The maximum atomic E-state index is 11.4. The molecular formula is C22H29NO. The summed E-state index contributed by atoms with van der Waals surface area (Å²) in [6, 6.07) is 21.4. The summed E-state index contributed by atoms with van der Waals surface area (Å²) in [5, 5.41) is 11.4. The van der Waals surface area contributed by atoms with E-state index in [1.165, 1.54) is 11.1 Å². The fourth-order valence-electron chi connectivity index (χ4n) is 4.14. The molecule has 24 heavy (non-hydrogen) atoms. The van der Waals surface area contributed by atoms with Crippen molar-refractivity contribution in [2.24, 2.45) is 5.41 Å². The summed E-state index contributed by atoms with van der Waals surface area (Å²) >= 11 is 0. The number of aliphatic hydroxyl groups excluding tert-OH is 1. The predicted molar refractivity (Wildman–Crippen MR) is 99.8 cm³/mol. The first kappa shape index (κ1) is 17.2. The molecule has 3 rings (SSSR count). The molecule has 1 N–H and O–H groups in total. The Bertz CT molecular complexity index is 661. The van der Waals surface area contributed by atoms with Crippen molar-refractivity contribution in [1.29, 1.82) is 0 Å². The second-order valence-electron chi connectivity index (χ2n) is 7.97. The fourth-order valence-corrected chi connectivity index (χ4v) is 4.14. The van der Waals surface area contributed by atoms with Crippen LogP contribution in [0.15, 0.2) is 60.7 Å². The lowest BCUT2D eigenvalue weighted by atomic mass is 9.75. The van der Waals surface area contributed by atoms with Gasteiger partial charge in [0, 0.05) is 0 Å². The molecule has 0 spiro atoms. The van der Waals surface area contributed by atoms with Crippen molar-refractivity contribution in [3.63, 3.8) is 0 Å². The van der Waals surface area contributed by atoms with E-state index in [-0.39, 0.29) is 17.0 Å². The highest BCUT2D eigenvalue weighted by molar-refractivity contribution is 5.43. The zero-order valence-corrected chi connectivity index (χ0v) is 15.2. The van der Waals surface area contributed by atoms with Gasteiger partial charge in [0.1, 0.15) is 0 Å². The molecule has 1 fully saturated rings.